The fourth-order valence-corrected chi connectivity index (χ4v) is 5.49. The molecule has 1 aromatic heterocycles. The summed E-state index contributed by atoms with van der Waals surface area (Å²) in [4.78, 5) is 43.4. The number of rotatable bonds is 10. The molecule has 4 N–H and O–H groups in total. The van der Waals surface area contributed by atoms with Crippen molar-refractivity contribution in [1.29, 1.82) is 0 Å². The number of aromatic amines is 1. The fourth-order valence-electron chi connectivity index (χ4n) is 4.56. The lowest BCUT2D eigenvalue weighted by molar-refractivity contribution is -0.115. The molecule has 222 valence electrons. The predicted octanol–water partition coefficient (Wildman–Crippen LogP) is 7.82. The molecule has 5 rings (SSSR count). The van der Waals surface area contributed by atoms with Gasteiger partial charge in [0.15, 0.2) is 0 Å². The van der Waals surface area contributed by atoms with Gasteiger partial charge in [0.2, 0.25) is 5.91 Å². The zero-order chi connectivity index (χ0) is 31.1. The molecule has 1 atom stereocenters. The SMILES string of the molecule is CC(Sc1cccc(NC(=O)/C(=C\c2ccc(C(C)C)cc2)NC(=O)c2ccccc2)c1)C(=O)Nc1ccc2cc[nH]c2c1. The smallest absolute Gasteiger partial charge is 0.272 e. The number of carbonyl (C=O) groups is 3. The average molecular weight is 603 g/mol. The van der Waals surface area contributed by atoms with Crippen LogP contribution < -0.4 is 16.0 Å². The van der Waals surface area contributed by atoms with E-state index in [4.69, 9.17) is 0 Å². The van der Waals surface area contributed by atoms with Gasteiger partial charge in [-0.1, -0.05) is 68.4 Å². The molecule has 0 aliphatic rings. The fraction of sp³-hybridized carbons (Fsp3) is 0.139. The van der Waals surface area contributed by atoms with E-state index >= 15 is 0 Å². The molecule has 5 aromatic rings. The number of H-pyrrole nitrogens is 1. The molecule has 0 radical (unpaired) electrons. The summed E-state index contributed by atoms with van der Waals surface area (Å²) in [6.45, 7) is 6.07. The molecular formula is C36H34N4O3S. The molecule has 0 saturated heterocycles. The van der Waals surface area contributed by atoms with Crippen LogP contribution in [-0.4, -0.2) is 28.0 Å². The average Bonchev–Trinajstić information content (AvgIpc) is 3.49. The number of fused-ring (bicyclic) bond motifs is 1. The summed E-state index contributed by atoms with van der Waals surface area (Å²) in [6, 6.07) is 31.6. The molecule has 1 heterocycles. The summed E-state index contributed by atoms with van der Waals surface area (Å²) in [6.07, 6.45) is 3.52. The predicted molar refractivity (Wildman–Crippen MR) is 180 cm³/mol. The van der Waals surface area contributed by atoms with Crippen molar-refractivity contribution in [3.8, 4) is 0 Å². The van der Waals surface area contributed by atoms with Gasteiger partial charge < -0.3 is 20.9 Å². The molecule has 0 fully saturated rings. The number of hydrogen-bond acceptors (Lipinski definition) is 4. The van der Waals surface area contributed by atoms with E-state index in [1.54, 1.807) is 36.4 Å². The maximum absolute atomic E-state index is 13.5. The second-order valence-electron chi connectivity index (χ2n) is 10.7. The third-order valence-corrected chi connectivity index (χ3v) is 8.13. The Kier molecular flexibility index (Phi) is 9.62. The maximum Gasteiger partial charge on any atom is 0.272 e. The first-order chi connectivity index (χ1) is 21.2. The van der Waals surface area contributed by atoms with Crippen molar-refractivity contribution in [2.75, 3.05) is 10.6 Å². The second kappa shape index (κ2) is 13.9. The third kappa shape index (κ3) is 7.85. The molecule has 1 unspecified atom stereocenters. The minimum atomic E-state index is -0.463. The first kappa shape index (κ1) is 30.4. The normalized spacial score (nSPS) is 12.1. The van der Waals surface area contributed by atoms with Crippen molar-refractivity contribution in [3.63, 3.8) is 0 Å². The monoisotopic (exact) mass is 602 g/mol. The van der Waals surface area contributed by atoms with Crippen LogP contribution in [0.1, 0.15) is 48.2 Å². The number of anilines is 2. The Balaban J connectivity index is 1.29. The number of carbonyl (C=O) groups excluding carboxylic acids is 3. The van der Waals surface area contributed by atoms with E-state index in [1.165, 1.54) is 17.3 Å². The van der Waals surface area contributed by atoms with E-state index in [2.05, 4.69) is 34.8 Å². The quantitative estimate of drug-likeness (QED) is 0.0967. The summed E-state index contributed by atoms with van der Waals surface area (Å²) in [5.41, 5.74) is 4.73. The van der Waals surface area contributed by atoms with Gasteiger partial charge >= 0.3 is 0 Å². The van der Waals surface area contributed by atoms with Crippen molar-refractivity contribution in [3.05, 3.63) is 132 Å². The third-order valence-electron chi connectivity index (χ3n) is 7.04. The molecule has 44 heavy (non-hydrogen) atoms. The number of thioether (sulfide) groups is 1. The zero-order valence-corrected chi connectivity index (χ0v) is 25.6. The zero-order valence-electron chi connectivity index (χ0n) is 24.8. The Morgan fingerprint density at radius 1 is 0.773 bits per heavy atom. The lowest BCUT2D eigenvalue weighted by Gasteiger charge is -2.14. The number of aromatic nitrogens is 1. The van der Waals surface area contributed by atoms with E-state index in [9.17, 15) is 14.4 Å². The molecule has 0 aliphatic heterocycles. The molecule has 8 heteroatoms. The molecule has 0 bridgehead atoms. The highest BCUT2D eigenvalue weighted by atomic mass is 32.2. The van der Waals surface area contributed by atoms with Crippen LogP contribution in [0.4, 0.5) is 11.4 Å². The van der Waals surface area contributed by atoms with Crippen LogP contribution >= 0.6 is 11.8 Å². The van der Waals surface area contributed by atoms with Crippen LogP contribution in [-0.2, 0) is 9.59 Å². The van der Waals surface area contributed by atoms with E-state index in [-0.39, 0.29) is 17.5 Å². The molecule has 4 aromatic carbocycles. The first-order valence-corrected chi connectivity index (χ1v) is 15.3. The van der Waals surface area contributed by atoms with Crippen molar-refractivity contribution in [2.24, 2.45) is 0 Å². The second-order valence-corrected chi connectivity index (χ2v) is 12.1. The van der Waals surface area contributed by atoms with Gasteiger partial charge in [-0.2, -0.15) is 0 Å². The van der Waals surface area contributed by atoms with Crippen LogP contribution in [0, 0.1) is 0 Å². The van der Waals surface area contributed by atoms with Crippen LogP contribution in [0.25, 0.3) is 17.0 Å². The van der Waals surface area contributed by atoms with E-state index < -0.39 is 11.2 Å². The largest absolute Gasteiger partial charge is 0.361 e. The van der Waals surface area contributed by atoms with Gasteiger partial charge in [-0.25, -0.2) is 0 Å². The van der Waals surface area contributed by atoms with E-state index in [0.717, 1.165) is 21.4 Å². The number of amides is 3. The standard InChI is InChI=1S/C36H34N4O3S/c1-23(2)26-14-12-25(13-15-26)20-33(40-35(42)28-8-5-4-6-9-28)36(43)39-29-10-7-11-31(21-29)44-24(3)34(41)38-30-17-16-27-18-19-37-32(27)22-30/h4-24,37H,1-3H3,(H,38,41)(H,39,43)(H,40,42)/b33-20+. The minimum Gasteiger partial charge on any atom is -0.361 e. The van der Waals surface area contributed by atoms with Crippen molar-refractivity contribution < 1.29 is 14.4 Å². The maximum atomic E-state index is 13.5. The first-order valence-electron chi connectivity index (χ1n) is 14.4. The summed E-state index contributed by atoms with van der Waals surface area (Å²) < 4.78 is 0. The van der Waals surface area contributed by atoms with Gasteiger partial charge in [-0.05, 0) is 84.0 Å². The Hall–Kier alpha value is -5.08. The van der Waals surface area contributed by atoms with E-state index in [1.807, 2.05) is 85.9 Å². The van der Waals surface area contributed by atoms with Gasteiger partial charge in [0.1, 0.15) is 5.70 Å². The minimum absolute atomic E-state index is 0.112. The van der Waals surface area contributed by atoms with Crippen molar-refractivity contribution >= 4 is 57.8 Å². The van der Waals surface area contributed by atoms with Crippen LogP contribution in [0.3, 0.4) is 0 Å². The van der Waals surface area contributed by atoms with Crippen LogP contribution in [0.5, 0.6) is 0 Å². The highest BCUT2D eigenvalue weighted by molar-refractivity contribution is 8.00. The number of benzene rings is 4. The molecule has 0 saturated carbocycles. The lowest BCUT2D eigenvalue weighted by Crippen LogP contribution is -2.30. The Bertz CT molecular complexity index is 1810. The Morgan fingerprint density at radius 3 is 2.27 bits per heavy atom. The highest BCUT2D eigenvalue weighted by Crippen LogP contribution is 2.27. The molecule has 7 nitrogen and oxygen atoms in total. The van der Waals surface area contributed by atoms with Crippen molar-refractivity contribution in [2.45, 2.75) is 36.8 Å². The highest BCUT2D eigenvalue weighted by Gasteiger charge is 2.18. The molecule has 0 spiro atoms. The molecular weight excluding hydrogens is 568 g/mol. The Labute approximate surface area is 261 Å². The van der Waals surface area contributed by atoms with Crippen LogP contribution in [0.15, 0.2) is 120 Å². The van der Waals surface area contributed by atoms with Crippen LogP contribution in [0.2, 0.25) is 0 Å². The van der Waals surface area contributed by atoms with Gasteiger partial charge in [-0.3, -0.25) is 14.4 Å². The van der Waals surface area contributed by atoms with Gasteiger partial charge in [0.25, 0.3) is 11.8 Å². The van der Waals surface area contributed by atoms with E-state index in [0.29, 0.717) is 22.9 Å². The molecule has 3 amide bonds. The molecule has 0 aliphatic carbocycles. The van der Waals surface area contributed by atoms with Crippen molar-refractivity contribution in [1.82, 2.24) is 10.3 Å². The summed E-state index contributed by atoms with van der Waals surface area (Å²) in [5, 5.41) is 9.34. The van der Waals surface area contributed by atoms with Gasteiger partial charge in [-0.15, -0.1) is 11.8 Å². The number of hydrogen-bond donors (Lipinski definition) is 4. The summed E-state index contributed by atoms with van der Waals surface area (Å²) in [7, 11) is 0. The number of nitrogens with one attached hydrogen (secondary N) is 4. The topological polar surface area (TPSA) is 103 Å². The van der Waals surface area contributed by atoms with Gasteiger partial charge in [0, 0.05) is 33.5 Å². The van der Waals surface area contributed by atoms with Gasteiger partial charge in [0.05, 0.1) is 5.25 Å². The lowest BCUT2D eigenvalue weighted by atomic mass is 10.0. The summed E-state index contributed by atoms with van der Waals surface area (Å²) >= 11 is 1.38. The summed E-state index contributed by atoms with van der Waals surface area (Å²) in [5.74, 6) is -0.603. The Morgan fingerprint density at radius 2 is 1.52 bits per heavy atom.